The van der Waals surface area contributed by atoms with E-state index >= 15 is 0 Å². The van der Waals surface area contributed by atoms with Crippen LogP contribution in [0.2, 0.25) is 0 Å². The lowest BCUT2D eigenvalue weighted by Gasteiger charge is -2.09. The summed E-state index contributed by atoms with van der Waals surface area (Å²) in [6.07, 6.45) is 0. The molecule has 0 radical (unpaired) electrons. The van der Waals surface area contributed by atoms with Crippen molar-refractivity contribution in [3.05, 3.63) is 11.6 Å². The molecule has 0 saturated carbocycles. The SMILES string of the molecule is Cc1nnc(CBr)n1CC(C)C. The smallest absolute Gasteiger partial charge is 0.143 e. The van der Waals surface area contributed by atoms with Gasteiger partial charge < -0.3 is 4.57 Å². The number of halogens is 1. The molecule has 0 aliphatic heterocycles. The molecule has 68 valence electrons. The van der Waals surface area contributed by atoms with Crippen molar-refractivity contribution in [2.75, 3.05) is 0 Å². The van der Waals surface area contributed by atoms with Crippen molar-refractivity contribution in [1.29, 1.82) is 0 Å². The van der Waals surface area contributed by atoms with Crippen LogP contribution in [0, 0.1) is 12.8 Å². The second kappa shape index (κ2) is 4.03. The van der Waals surface area contributed by atoms with E-state index in [-0.39, 0.29) is 0 Å². The number of aryl methyl sites for hydroxylation is 1. The molecule has 0 fully saturated rings. The third-order valence-corrected chi connectivity index (χ3v) is 2.18. The Morgan fingerprint density at radius 2 is 2.08 bits per heavy atom. The van der Waals surface area contributed by atoms with Crippen LogP contribution in [0.3, 0.4) is 0 Å². The molecule has 3 nitrogen and oxygen atoms in total. The fourth-order valence-electron chi connectivity index (χ4n) is 1.13. The Bertz CT molecular complexity index is 255. The highest BCUT2D eigenvalue weighted by atomic mass is 79.9. The maximum absolute atomic E-state index is 4.05. The van der Waals surface area contributed by atoms with Crippen LogP contribution in [0.1, 0.15) is 25.5 Å². The number of hydrogen-bond donors (Lipinski definition) is 0. The van der Waals surface area contributed by atoms with E-state index < -0.39 is 0 Å². The summed E-state index contributed by atoms with van der Waals surface area (Å²) >= 11 is 3.39. The highest BCUT2D eigenvalue weighted by Gasteiger charge is 2.07. The molecular weight excluding hydrogens is 218 g/mol. The Hall–Kier alpha value is -0.380. The van der Waals surface area contributed by atoms with Crippen LogP contribution in [0.25, 0.3) is 0 Å². The van der Waals surface area contributed by atoms with Gasteiger partial charge in [0.15, 0.2) is 0 Å². The van der Waals surface area contributed by atoms with Crippen molar-refractivity contribution in [2.24, 2.45) is 5.92 Å². The van der Waals surface area contributed by atoms with Gasteiger partial charge in [0, 0.05) is 6.54 Å². The van der Waals surface area contributed by atoms with Gasteiger partial charge in [-0.25, -0.2) is 0 Å². The molecule has 0 spiro atoms. The Balaban J connectivity index is 2.86. The first kappa shape index (κ1) is 9.71. The van der Waals surface area contributed by atoms with Gasteiger partial charge in [-0.3, -0.25) is 0 Å². The fourth-order valence-corrected chi connectivity index (χ4v) is 1.54. The van der Waals surface area contributed by atoms with E-state index in [1.165, 1.54) is 0 Å². The van der Waals surface area contributed by atoms with E-state index in [0.29, 0.717) is 5.92 Å². The van der Waals surface area contributed by atoms with Gasteiger partial charge in [-0.2, -0.15) is 0 Å². The molecule has 0 saturated heterocycles. The highest BCUT2D eigenvalue weighted by molar-refractivity contribution is 9.08. The van der Waals surface area contributed by atoms with Gasteiger partial charge in [-0.05, 0) is 12.8 Å². The molecular formula is C8H14BrN3. The van der Waals surface area contributed by atoms with E-state index in [1.807, 2.05) is 6.92 Å². The second-order valence-electron chi connectivity index (χ2n) is 3.30. The van der Waals surface area contributed by atoms with Crippen LogP contribution < -0.4 is 0 Å². The first-order valence-electron chi connectivity index (χ1n) is 4.09. The molecule has 0 aliphatic carbocycles. The molecule has 4 heteroatoms. The van der Waals surface area contributed by atoms with Gasteiger partial charge >= 0.3 is 0 Å². The van der Waals surface area contributed by atoms with Crippen LogP contribution in [-0.2, 0) is 11.9 Å². The normalized spacial score (nSPS) is 11.1. The third-order valence-electron chi connectivity index (χ3n) is 1.68. The van der Waals surface area contributed by atoms with E-state index in [1.54, 1.807) is 0 Å². The van der Waals surface area contributed by atoms with E-state index in [2.05, 4.69) is 44.5 Å². The van der Waals surface area contributed by atoms with Crippen LogP contribution in [0.5, 0.6) is 0 Å². The monoisotopic (exact) mass is 231 g/mol. The van der Waals surface area contributed by atoms with Crippen molar-refractivity contribution >= 4 is 15.9 Å². The number of alkyl halides is 1. The molecule has 1 aromatic rings. The zero-order chi connectivity index (χ0) is 9.14. The minimum absolute atomic E-state index is 0.637. The number of nitrogens with zero attached hydrogens (tertiary/aromatic N) is 3. The molecule has 0 amide bonds. The minimum atomic E-state index is 0.637. The van der Waals surface area contributed by atoms with Gasteiger partial charge in [0.25, 0.3) is 0 Å². The third kappa shape index (κ3) is 2.06. The second-order valence-corrected chi connectivity index (χ2v) is 3.86. The molecule has 0 aromatic carbocycles. The zero-order valence-electron chi connectivity index (χ0n) is 7.71. The minimum Gasteiger partial charge on any atom is -0.314 e. The van der Waals surface area contributed by atoms with E-state index in [9.17, 15) is 0 Å². The predicted molar refractivity (Wildman–Crippen MR) is 52.2 cm³/mol. The highest BCUT2D eigenvalue weighted by Crippen LogP contribution is 2.08. The Morgan fingerprint density at radius 1 is 1.42 bits per heavy atom. The average molecular weight is 232 g/mol. The lowest BCUT2D eigenvalue weighted by Crippen LogP contribution is -2.09. The average Bonchev–Trinajstić information content (AvgIpc) is 2.32. The summed E-state index contributed by atoms with van der Waals surface area (Å²) in [5, 5.41) is 8.86. The topological polar surface area (TPSA) is 30.7 Å². The number of hydrogen-bond acceptors (Lipinski definition) is 2. The van der Waals surface area contributed by atoms with Crippen LogP contribution in [0.4, 0.5) is 0 Å². The summed E-state index contributed by atoms with van der Waals surface area (Å²) < 4.78 is 2.15. The largest absolute Gasteiger partial charge is 0.314 e. The number of aromatic nitrogens is 3. The lowest BCUT2D eigenvalue weighted by molar-refractivity contribution is 0.504. The standard InChI is InChI=1S/C8H14BrN3/c1-6(2)5-12-7(3)10-11-8(12)4-9/h6H,4-5H2,1-3H3. The molecule has 1 rings (SSSR count). The van der Waals surface area contributed by atoms with Gasteiger partial charge in [0.1, 0.15) is 11.6 Å². The van der Waals surface area contributed by atoms with Crippen molar-refractivity contribution < 1.29 is 0 Å². The first-order valence-corrected chi connectivity index (χ1v) is 5.22. The molecule has 12 heavy (non-hydrogen) atoms. The maximum atomic E-state index is 4.05. The van der Waals surface area contributed by atoms with Crippen LogP contribution >= 0.6 is 15.9 Å². The van der Waals surface area contributed by atoms with Crippen LogP contribution in [0.15, 0.2) is 0 Å². The summed E-state index contributed by atoms with van der Waals surface area (Å²) in [7, 11) is 0. The quantitative estimate of drug-likeness (QED) is 0.747. The summed E-state index contributed by atoms with van der Waals surface area (Å²) in [4.78, 5) is 0. The van der Waals surface area contributed by atoms with E-state index in [4.69, 9.17) is 0 Å². The summed E-state index contributed by atoms with van der Waals surface area (Å²) in [6, 6.07) is 0. The molecule has 0 unspecified atom stereocenters. The Labute approximate surface area is 81.3 Å². The predicted octanol–water partition coefficient (Wildman–Crippen LogP) is 2.14. The Morgan fingerprint density at radius 3 is 2.58 bits per heavy atom. The maximum Gasteiger partial charge on any atom is 0.143 e. The molecule has 0 bridgehead atoms. The van der Waals surface area contributed by atoms with Crippen molar-refractivity contribution in [3.63, 3.8) is 0 Å². The Kier molecular flexibility index (Phi) is 3.26. The van der Waals surface area contributed by atoms with Gasteiger partial charge in [-0.15, -0.1) is 10.2 Å². The van der Waals surface area contributed by atoms with Crippen LogP contribution in [-0.4, -0.2) is 14.8 Å². The lowest BCUT2D eigenvalue weighted by atomic mass is 10.2. The van der Waals surface area contributed by atoms with Gasteiger partial charge in [0.2, 0.25) is 0 Å². The summed E-state index contributed by atoms with van der Waals surface area (Å²) in [5.41, 5.74) is 0. The van der Waals surface area contributed by atoms with Crippen molar-refractivity contribution in [1.82, 2.24) is 14.8 Å². The fraction of sp³-hybridized carbons (Fsp3) is 0.750. The van der Waals surface area contributed by atoms with E-state index in [0.717, 1.165) is 23.5 Å². The molecule has 0 atom stereocenters. The van der Waals surface area contributed by atoms with Crippen molar-refractivity contribution in [3.8, 4) is 0 Å². The molecule has 0 N–H and O–H groups in total. The molecule has 1 aromatic heterocycles. The summed E-state index contributed by atoms with van der Waals surface area (Å²) in [6.45, 7) is 7.37. The first-order chi connectivity index (χ1) is 5.65. The van der Waals surface area contributed by atoms with Gasteiger partial charge in [0.05, 0.1) is 5.33 Å². The molecule has 0 aliphatic rings. The van der Waals surface area contributed by atoms with Crippen molar-refractivity contribution in [2.45, 2.75) is 32.6 Å². The summed E-state index contributed by atoms with van der Waals surface area (Å²) in [5.74, 6) is 2.65. The molecule has 1 heterocycles. The van der Waals surface area contributed by atoms with Gasteiger partial charge in [-0.1, -0.05) is 29.8 Å². The number of rotatable bonds is 3. The zero-order valence-corrected chi connectivity index (χ0v) is 9.30.